The minimum Gasteiger partial charge on any atom is -0.345 e. The number of rotatable bonds is 6. The van der Waals surface area contributed by atoms with Gasteiger partial charge < -0.3 is 9.84 Å². The summed E-state index contributed by atoms with van der Waals surface area (Å²) in [6.07, 6.45) is 6.63. The van der Waals surface area contributed by atoms with E-state index in [9.17, 15) is 13.2 Å². The van der Waals surface area contributed by atoms with Gasteiger partial charge in [0.1, 0.15) is 0 Å². The maximum absolute atomic E-state index is 12.4. The van der Waals surface area contributed by atoms with Crippen LogP contribution in [-0.2, 0) is 16.3 Å². The number of amides is 1. The van der Waals surface area contributed by atoms with E-state index in [0.29, 0.717) is 0 Å². The quantitative estimate of drug-likeness (QED) is 0.760. The molecule has 1 aliphatic rings. The van der Waals surface area contributed by atoms with Crippen LogP contribution in [0.15, 0.2) is 33.7 Å². The molecule has 1 aliphatic carbocycles. The number of nitrogens with zero attached hydrogens (tertiary/aromatic N) is 2. The van der Waals surface area contributed by atoms with Crippen molar-refractivity contribution in [3.63, 3.8) is 0 Å². The van der Waals surface area contributed by atoms with Gasteiger partial charge in [-0.3, -0.25) is 4.79 Å². The van der Waals surface area contributed by atoms with Gasteiger partial charge >= 0.3 is 11.8 Å². The molecule has 1 aromatic heterocycles. The molecule has 8 heteroatoms. The molecular formula is C19H25N3O4S. The number of benzene rings is 1. The summed E-state index contributed by atoms with van der Waals surface area (Å²) in [4.78, 5) is 16.6. The first-order valence-corrected chi connectivity index (χ1v) is 11.0. The van der Waals surface area contributed by atoms with Gasteiger partial charge in [0.2, 0.25) is 0 Å². The third-order valence-corrected chi connectivity index (χ3v) is 6.56. The molecule has 1 saturated carbocycles. The Kier molecular flexibility index (Phi) is 6.26. The molecule has 0 spiro atoms. The fraction of sp³-hybridized carbons (Fsp3) is 0.526. The number of carbonyl (C=O) groups excluding carboxylic acids is 1. The Morgan fingerprint density at radius 3 is 2.48 bits per heavy atom. The van der Waals surface area contributed by atoms with Crippen LogP contribution in [0.4, 0.5) is 0 Å². The third-order valence-electron chi connectivity index (χ3n) is 4.83. The van der Waals surface area contributed by atoms with Crippen LogP contribution in [-0.4, -0.2) is 36.3 Å². The molecule has 1 heterocycles. The Morgan fingerprint density at radius 2 is 1.81 bits per heavy atom. The first-order chi connectivity index (χ1) is 12.9. The molecule has 1 N–H and O–H groups in total. The fourth-order valence-electron chi connectivity index (χ4n) is 3.21. The van der Waals surface area contributed by atoms with Crippen molar-refractivity contribution >= 4 is 15.7 Å². The van der Waals surface area contributed by atoms with Crippen LogP contribution >= 0.6 is 0 Å². The lowest BCUT2D eigenvalue weighted by Crippen LogP contribution is -2.34. The van der Waals surface area contributed by atoms with E-state index < -0.39 is 9.84 Å². The number of hydrogen-bond donors (Lipinski definition) is 1. The average molecular weight is 391 g/mol. The van der Waals surface area contributed by atoms with Crippen LogP contribution in [0.2, 0.25) is 0 Å². The Labute approximate surface area is 159 Å². The zero-order valence-electron chi connectivity index (χ0n) is 15.5. The van der Waals surface area contributed by atoms with E-state index in [1.54, 1.807) is 24.3 Å². The van der Waals surface area contributed by atoms with E-state index in [4.69, 9.17) is 4.52 Å². The van der Waals surface area contributed by atoms with Gasteiger partial charge in [-0.15, -0.1) is 0 Å². The number of sulfone groups is 1. The predicted molar refractivity (Wildman–Crippen MR) is 100 cm³/mol. The maximum Gasteiger partial charge on any atom is 0.315 e. The number of nitrogens with one attached hydrogen (secondary N) is 1. The fourth-order valence-corrected chi connectivity index (χ4v) is 4.45. The van der Waals surface area contributed by atoms with Gasteiger partial charge in [-0.25, -0.2) is 8.42 Å². The van der Waals surface area contributed by atoms with Crippen LogP contribution in [0.3, 0.4) is 0 Å². The highest BCUT2D eigenvalue weighted by Crippen LogP contribution is 2.18. The lowest BCUT2D eigenvalue weighted by molar-refractivity contribution is 0.0889. The summed E-state index contributed by atoms with van der Waals surface area (Å²) in [6.45, 7) is 1.90. The van der Waals surface area contributed by atoms with E-state index in [1.807, 2.05) is 6.92 Å². The minimum atomic E-state index is -3.44. The second-order valence-corrected chi connectivity index (χ2v) is 9.17. The molecule has 2 aromatic rings. The Bertz CT molecular complexity index is 867. The molecule has 0 bridgehead atoms. The second kappa shape index (κ2) is 8.65. The van der Waals surface area contributed by atoms with Gasteiger partial charge in [0.25, 0.3) is 0 Å². The molecular weight excluding hydrogens is 366 g/mol. The number of hydrogen-bond acceptors (Lipinski definition) is 6. The zero-order valence-corrected chi connectivity index (χ0v) is 16.3. The summed E-state index contributed by atoms with van der Waals surface area (Å²) >= 11 is 0. The molecule has 146 valence electrons. The minimum absolute atomic E-state index is 0.0937. The van der Waals surface area contributed by atoms with Crippen molar-refractivity contribution in [2.75, 3.05) is 5.75 Å². The Balaban J connectivity index is 1.57. The first kappa shape index (κ1) is 19.5. The third kappa shape index (κ3) is 5.38. The zero-order chi connectivity index (χ0) is 19.3. The van der Waals surface area contributed by atoms with Gasteiger partial charge in [-0.05, 0) is 31.9 Å². The van der Waals surface area contributed by atoms with Gasteiger partial charge in [0.05, 0.1) is 10.6 Å². The predicted octanol–water partition coefficient (Wildman–Crippen LogP) is 2.85. The molecule has 1 fully saturated rings. The van der Waals surface area contributed by atoms with Gasteiger partial charge in [-0.1, -0.05) is 48.5 Å². The van der Waals surface area contributed by atoms with E-state index >= 15 is 0 Å². The smallest absolute Gasteiger partial charge is 0.315 e. The van der Waals surface area contributed by atoms with Crippen LogP contribution in [0.5, 0.6) is 0 Å². The van der Waals surface area contributed by atoms with E-state index in [1.165, 1.54) is 12.8 Å². The number of aromatic nitrogens is 2. The van der Waals surface area contributed by atoms with Crippen LogP contribution < -0.4 is 5.32 Å². The van der Waals surface area contributed by atoms with E-state index in [2.05, 4.69) is 15.5 Å². The van der Waals surface area contributed by atoms with Crippen LogP contribution in [0.25, 0.3) is 0 Å². The van der Waals surface area contributed by atoms with Crippen molar-refractivity contribution in [3.8, 4) is 0 Å². The summed E-state index contributed by atoms with van der Waals surface area (Å²) < 4.78 is 29.8. The summed E-state index contributed by atoms with van der Waals surface area (Å²) in [5.74, 6) is -0.417. The normalized spacial score (nSPS) is 16.0. The molecule has 0 saturated heterocycles. The highest BCUT2D eigenvalue weighted by atomic mass is 32.2. The second-order valence-electron chi connectivity index (χ2n) is 7.06. The molecule has 0 unspecified atom stereocenters. The molecule has 7 nitrogen and oxygen atoms in total. The summed E-state index contributed by atoms with van der Waals surface area (Å²) in [5.41, 5.74) is 0.997. The van der Waals surface area contributed by atoms with Gasteiger partial charge in [0, 0.05) is 12.5 Å². The van der Waals surface area contributed by atoms with Crippen LogP contribution in [0.1, 0.15) is 60.6 Å². The monoisotopic (exact) mass is 391 g/mol. The standard InChI is InChI=1S/C19H25N3O4S/c1-14-8-10-16(11-9-14)27(24,25)13-12-17-21-19(26-22-17)18(23)20-15-6-4-2-3-5-7-15/h8-11,15H,2-7,12-13H2,1H3,(H,20,23). The molecule has 0 aliphatic heterocycles. The molecule has 1 amide bonds. The van der Waals surface area contributed by atoms with Crippen molar-refractivity contribution in [2.45, 2.75) is 62.8 Å². The van der Waals surface area contributed by atoms with Crippen molar-refractivity contribution in [1.82, 2.24) is 15.5 Å². The summed E-state index contributed by atoms with van der Waals surface area (Å²) in [7, 11) is -3.44. The van der Waals surface area contributed by atoms with Crippen molar-refractivity contribution in [2.24, 2.45) is 0 Å². The van der Waals surface area contributed by atoms with Crippen molar-refractivity contribution in [3.05, 3.63) is 41.5 Å². The van der Waals surface area contributed by atoms with Crippen molar-refractivity contribution in [1.29, 1.82) is 0 Å². The molecule has 1 aromatic carbocycles. The summed E-state index contributed by atoms with van der Waals surface area (Å²) in [5, 5.41) is 6.69. The Morgan fingerprint density at radius 1 is 1.15 bits per heavy atom. The highest BCUT2D eigenvalue weighted by molar-refractivity contribution is 7.91. The van der Waals surface area contributed by atoms with Crippen molar-refractivity contribution < 1.29 is 17.7 Å². The van der Waals surface area contributed by atoms with E-state index in [-0.39, 0.29) is 40.7 Å². The Hall–Kier alpha value is -2.22. The average Bonchev–Trinajstić information content (AvgIpc) is 2.98. The van der Waals surface area contributed by atoms with Crippen LogP contribution in [0, 0.1) is 6.92 Å². The van der Waals surface area contributed by atoms with Gasteiger partial charge in [-0.2, -0.15) is 4.98 Å². The topological polar surface area (TPSA) is 102 Å². The van der Waals surface area contributed by atoms with E-state index in [0.717, 1.165) is 31.2 Å². The molecule has 0 atom stereocenters. The first-order valence-electron chi connectivity index (χ1n) is 9.37. The highest BCUT2D eigenvalue weighted by Gasteiger charge is 2.21. The molecule has 3 rings (SSSR count). The largest absolute Gasteiger partial charge is 0.345 e. The SMILES string of the molecule is Cc1ccc(S(=O)(=O)CCc2noc(C(=O)NC3CCCCCC3)n2)cc1. The lowest BCUT2D eigenvalue weighted by Gasteiger charge is -2.14. The molecule has 27 heavy (non-hydrogen) atoms. The maximum atomic E-state index is 12.4. The number of aryl methyl sites for hydroxylation is 2. The van der Waals surface area contributed by atoms with Gasteiger partial charge in [0.15, 0.2) is 15.7 Å². The summed E-state index contributed by atoms with van der Waals surface area (Å²) in [6, 6.07) is 6.84. The number of carbonyl (C=O) groups is 1. The lowest BCUT2D eigenvalue weighted by atomic mass is 10.1. The molecule has 0 radical (unpaired) electrons.